The number of benzene rings is 2. The zero-order chi connectivity index (χ0) is 15.0. The summed E-state index contributed by atoms with van der Waals surface area (Å²) in [7, 11) is 0. The van der Waals surface area contributed by atoms with Crippen molar-refractivity contribution < 1.29 is 18.3 Å². The summed E-state index contributed by atoms with van der Waals surface area (Å²) < 4.78 is 40.3. The van der Waals surface area contributed by atoms with E-state index in [2.05, 4.69) is 0 Å². The zero-order valence-electron chi connectivity index (χ0n) is 9.96. The largest absolute Gasteiger partial charge is 0.425 e. The molecule has 0 spiro atoms. The molecule has 6 heteroatoms. The molecule has 0 saturated heterocycles. The van der Waals surface area contributed by atoms with Crippen molar-refractivity contribution in [1.82, 2.24) is 0 Å². The minimum atomic E-state index is -4.94. The standard InChI is InChI=1S/C14H9Cl2F3O/c15-10-5-3-4-9(8-10)13(20,14(17,18)19)11-6-1-2-7-12(11)16/h1-8,20H. The third kappa shape index (κ3) is 2.51. The topological polar surface area (TPSA) is 20.2 Å². The highest BCUT2D eigenvalue weighted by atomic mass is 35.5. The fraction of sp³-hybridized carbons (Fsp3) is 0.143. The second kappa shape index (κ2) is 5.28. The fourth-order valence-electron chi connectivity index (χ4n) is 1.94. The van der Waals surface area contributed by atoms with E-state index in [9.17, 15) is 18.3 Å². The van der Waals surface area contributed by atoms with E-state index in [1.54, 1.807) is 0 Å². The van der Waals surface area contributed by atoms with Crippen molar-refractivity contribution in [3.8, 4) is 0 Å². The van der Waals surface area contributed by atoms with E-state index in [4.69, 9.17) is 23.2 Å². The Hall–Kier alpha value is -1.23. The number of hydrogen-bond donors (Lipinski definition) is 1. The molecule has 0 aliphatic carbocycles. The average molecular weight is 321 g/mol. The maximum absolute atomic E-state index is 13.4. The van der Waals surface area contributed by atoms with E-state index in [1.165, 1.54) is 30.3 Å². The van der Waals surface area contributed by atoms with E-state index in [1.807, 2.05) is 0 Å². The van der Waals surface area contributed by atoms with Crippen LogP contribution in [0.25, 0.3) is 0 Å². The lowest BCUT2D eigenvalue weighted by Crippen LogP contribution is -2.43. The maximum atomic E-state index is 13.4. The summed E-state index contributed by atoms with van der Waals surface area (Å²) in [5, 5.41) is 10.2. The minimum absolute atomic E-state index is 0.0947. The van der Waals surface area contributed by atoms with Crippen LogP contribution in [0, 0.1) is 0 Å². The lowest BCUT2D eigenvalue weighted by Gasteiger charge is -2.32. The Labute approximate surface area is 123 Å². The van der Waals surface area contributed by atoms with Crippen LogP contribution in [-0.2, 0) is 5.60 Å². The number of aliphatic hydroxyl groups is 1. The van der Waals surface area contributed by atoms with Gasteiger partial charge in [0.1, 0.15) is 0 Å². The van der Waals surface area contributed by atoms with Gasteiger partial charge in [-0.1, -0.05) is 53.5 Å². The highest BCUT2D eigenvalue weighted by molar-refractivity contribution is 6.31. The molecule has 0 saturated carbocycles. The highest BCUT2D eigenvalue weighted by Crippen LogP contribution is 2.46. The van der Waals surface area contributed by atoms with E-state index in [0.717, 1.165) is 18.2 Å². The Kier molecular flexibility index (Phi) is 4.00. The first-order valence-corrected chi connectivity index (χ1v) is 6.32. The third-order valence-electron chi connectivity index (χ3n) is 2.92. The molecule has 106 valence electrons. The average Bonchev–Trinajstić information content (AvgIpc) is 2.37. The second-order valence-corrected chi connectivity index (χ2v) is 5.04. The molecule has 0 fully saturated rings. The molecule has 1 unspecified atom stereocenters. The quantitative estimate of drug-likeness (QED) is 0.843. The van der Waals surface area contributed by atoms with Crippen LogP contribution in [0.5, 0.6) is 0 Å². The molecule has 0 bridgehead atoms. The summed E-state index contributed by atoms with van der Waals surface area (Å²) in [4.78, 5) is 0. The molecule has 2 rings (SSSR count). The van der Waals surface area contributed by atoms with Crippen LogP contribution in [0.15, 0.2) is 48.5 Å². The van der Waals surface area contributed by atoms with E-state index in [-0.39, 0.29) is 15.6 Å². The summed E-state index contributed by atoms with van der Waals surface area (Å²) in [6, 6.07) is 10.3. The molecule has 0 radical (unpaired) electrons. The number of rotatable bonds is 2. The second-order valence-electron chi connectivity index (χ2n) is 4.20. The SMILES string of the molecule is OC(c1cccc(Cl)c1)(c1ccccc1Cl)C(F)(F)F. The Morgan fingerprint density at radius 1 is 0.900 bits per heavy atom. The number of hydrogen-bond acceptors (Lipinski definition) is 1. The van der Waals surface area contributed by atoms with Gasteiger partial charge in [-0.3, -0.25) is 0 Å². The first kappa shape index (κ1) is 15.2. The van der Waals surface area contributed by atoms with Gasteiger partial charge >= 0.3 is 6.18 Å². The zero-order valence-corrected chi connectivity index (χ0v) is 11.5. The molecule has 1 atom stereocenters. The van der Waals surface area contributed by atoms with Gasteiger partial charge in [-0.2, -0.15) is 13.2 Å². The maximum Gasteiger partial charge on any atom is 0.425 e. The summed E-state index contributed by atoms with van der Waals surface area (Å²) in [6.07, 6.45) is -4.94. The van der Waals surface area contributed by atoms with Crippen molar-refractivity contribution in [2.75, 3.05) is 0 Å². The number of alkyl halides is 3. The van der Waals surface area contributed by atoms with Crippen LogP contribution in [0.4, 0.5) is 13.2 Å². The van der Waals surface area contributed by atoms with Crippen LogP contribution >= 0.6 is 23.2 Å². The predicted octanol–water partition coefficient (Wildman–Crippen LogP) is 4.79. The van der Waals surface area contributed by atoms with Crippen LogP contribution < -0.4 is 0 Å². The molecular formula is C14H9Cl2F3O. The van der Waals surface area contributed by atoms with Gasteiger partial charge in [0.2, 0.25) is 5.60 Å². The Morgan fingerprint density at radius 2 is 1.55 bits per heavy atom. The van der Waals surface area contributed by atoms with Gasteiger partial charge in [0.15, 0.2) is 0 Å². The van der Waals surface area contributed by atoms with Crippen molar-refractivity contribution in [2.24, 2.45) is 0 Å². The molecule has 2 aromatic rings. The van der Waals surface area contributed by atoms with Gasteiger partial charge in [-0.05, 0) is 23.8 Å². The Morgan fingerprint density at radius 3 is 2.10 bits per heavy atom. The number of halogens is 5. The van der Waals surface area contributed by atoms with Crippen molar-refractivity contribution in [2.45, 2.75) is 11.8 Å². The first-order chi connectivity index (χ1) is 9.26. The molecule has 1 nitrogen and oxygen atoms in total. The van der Waals surface area contributed by atoms with E-state index < -0.39 is 17.3 Å². The van der Waals surface area contributed by atoms with E-state index in [0.29, 0.717) is 0 Å². The molecule has 2 aromatic carbocycles. The predicted molar refractivity (Wildman–Crippen MR) is 72.0 cm³/mol. The van der Waals surface area contributed by atoms with Crippen molar-refractivity contribution >= 4 is 23.2 Å². The Balaban J connectivity index is 2.74. The molecule has 20 heavy (non-hydrogen) atoms. The molecular weight excluding hydrogens is 312 g/mol. The third-order valence-corrected chi connectivity index (χ3v) is 3.48. The van der Waals surface area contributed by atoms with Gasteiger partial charge in [-0.15, -0.1) is 0 Å². The minimum Gasteiger partial charge on any atom is -0.372 e. The summed E-state index contributed by atoms with van der Waals surface area (Å²) >= 11 is 11.5. The Bertz CT molecular complexity index is 628. The van der Waals surface area contributed by atoms with Crippen molar-refractivity contribution in [1.29, 1.82) is 0 Å². The molecule has 0 heterocycles. The highest BCUT2D eigenvalue weighted by Gasteiger charge is 2.57. The molecule has 0 aromatic heterocycles. The normalized spacial score (nSPS) is 14.9. The van der Waals surface area contributed by atoms with Gasteiger partial charge in [0, 0.05) is 15.6 Å². The van der Waals surface area contributed by atoms with Crippen LogP contribution in [0.3, 0.4) is 0 Å². The van der Waals surface area contributed by atoms with Crippen LogP contribution in [-0.4, -0.2) is 11.3 Å². The molecule has 0 aliphatic rings. The van der Waals surface area contributed by atoms with Gasteiger partial charge < -0.3 is 5.11 Å². The fourth-order valence-corrected chi connectivity index (χ4v) is 2.40. The van der Waals surface area contributed by atoms with Gasteiger partial charge in [-0.25, -0.2) is 0 Å². The van der Waals surface area contributed by atoms with Gasteiger partial charge in [0.25, 0.3) is 0 Å². The van der Waals surface area contributed by atoms with Gasteiger partial charge in [0.05, 0.1) is 0 Å². The molecule has 0 aliphatic heterocycles. The lowest BCUT2D eigenvalue weighted by atomic mass is 9.85. The van der Waals surface area contributed by atoms with Crippen LogP contribution in [0.1, 0.15) is 11.1 Å². The summed E-state index contributed by atoms with van der Waals surface area (Å²) in [6.45, 7) is 0. The van der Waals surface area contributed by atoms with E-state index >= 15 is 0 Å². The molecule has 1 N–H and O–H groups in total. The smallest absolute Gasteiger partial charge is 0.372 e. The van der Waals surface area contributed by atoms with Crippen molar-refractivity contribution in [3.63, 3.8) is 0 Å². The first-order valence-electron chi connectivity index (χ1n) is 5.57. The molecule has 0 amide bonds. The van der Waals surface area contributed by atoms with Crippen LogP contribution in [0.2, 0.25) is 10.0 Å². The van der Waals surface area contributed by atoms with Crippen molar-refractivity contribution in [3.05, 3.63) is 69.7 Å². The monoisotopic (exact) mass is 320 g/mol. The summed E-state index contributed by atoms with van der Waals surface area (Å²) in [5.74, 6) is 0. The lowest BCUT2D eigenvalue weighted by molar-refractivity contribution is -0.248. The summed E-state index contributed by atoms with van der Waals surface area (Å²) in [5.41, 5.74) is -4.03.